The first-order chi connectivity index (χ1) is 13.0. The molecule has 1 saturated heterocycles. The molecule has 2 aliphatic carbocycles. The predicted octanol–water partition coefficient (Wildman–Crippen LogP) is 3.16. The third kappa shape index (κ3) is 10.3. The van der Waals surface area contributed by atoms with Crippen LogP contribution < -0.4 is 0 Å². The Labute approximate surface area is 177 Å². The molecule has 160 valence electrons. The lowest BCUT2D eigenvalue weighted by Gasteiger charge is -2.25. The molecule has 0 aromatic rings. The quantitative estimate of drug-likeness (QED) is 0.377. The first-order valence-corrected chi connectivity index (χ1v) is 9.80. The van der Waals surface area contributed by atoms with E-state index >= 15 is 0 Å². The lowest BCUT2D eigenvalue weighted by atomic mass is 9.96. The largest absolute Gasteiger partial charge is 0.534 e. The van der Waals surface area contributed by atoms with Crippen LogP contribution in [0.15, 0.2) is 0 Å². The predicted molar refractivity (Wildman–Crippen MR) is 98.2 cm³/mol. The Hall–Kier alpha value is -1.29. The molecule has 0 atom stereocenters. The van der Waals surface area contributed by atoms with Gasteiger partial charge in [0.2, 0.25) is 0 Å². The van der Waals surface area contributed by atoms with Gasteiger partial charge in [0.25, 0.3) is 11.8 Å². The van der Waals surface area contributed by atoms with Gasteiger partial charge in [0.05, 0.1) is 6.10 Å². The fraction of sp³-hybridized carbons (Fsp3) is 0.750. The SMILES string of the molecule is CC(=O)OC(Cl)(Cl)Cl.O=C(OC1CCC1)ON1C(=O)CCC1=O.OC1CCC1. The van der Waals surface area contributed by atoms with Gasteiger partial charge in [-0.15, -0.1) is 0 Å². The standard InChI is InChI=1S/C9H11NO5.C4H8O.C3H3Cl3O2/c11-7-4-5-8(12)10(7)15-9(13)14-6-2-1-3-6;5-4-2-1-3-4;1-2(7)8-3(4,5)6/h6H,1-5H2;4-5H,1-3H2;1H3. The first-order valence-electron chi connectivity index (χ1n) is 8.66. The van der Waals surface area contributed by atoms with Crippen LogP contribution >= 0.6 is 34.8 Å². The van der Waals surface area contributed by atoms with E-state index in [1.165, 1.54) is 6.42 Å². The van der Waals surface area contributed by atoms with Gasteiger partial charge in [-0.25, -0.2) is 4.79 Å². The van der Waals surface area contributed by atoms with E-state index in [0.29, 0.717) is 5.06 Å². The topological polar surface area (TPSA) is 119 Å². The number of amides is 2. The van der Waals surface area contributed by atoms with E-state index < -0.39 is 27.9 Å². The number of alkyl halides is 3. The summed E-state index contributed by atoms with van der Waals surface area (Å²) in [6.45, 7) is 1.15. The molecule has 12 heteroatoms. The summed E-state index contributed by atoms with van der Waals surface area (Å²) in [6.07, 6.45) is 5.14. The van der Waals surface area contributed by atoms with Gasteiger partial charge in [0, 0.05) is 19.8 Å². The first kappa shape index (κ1) is 24.7. The summed E-state index contributed by atoms with van der Waals surface area (Å²) in [5.74, 6) is -1.61. The number of ether oxygens (including phenoxy) is 2. The van der Waals surface area contributed by atoms with Gasteiger partial charge < -0.3 is 14.6 Å². The number of aliphatic hydroxyl groups is 1. The number of carbonyl (C=O) groups is 4. The average Bonchev–Trinajstić information content (AvgIpc) is 2.80. The van der Waals surface area contributed by atoms with Crippen LogP contribution in [0.1, 0.15) is 58.3 Å². The van der Waals surface area contributed by atoms with Crippen LogP contribution in [0.4, 0.5) is 4.79 Å². The zero-order valence-corrected chi connectivity index (χ0v) is 17.5. The van der Waals surface area contributed by atoms with Crippen molar-refractivity contribution in [2.75, 3.05) is 0 Å². The Morgan fingerprint density at radius 1 is 1.04 bits per heavy atom. The second-order valence-corrected chi connectivity index (χ2v) is 8.40. The maximum absolute atomic E-state index is 11.1. The monoisotopic (exact) mass is 461 g/mol. The Bertz CT molecular complexity index is 557. The van der Waals surface area contributed by atoms with Crippen LogP contribution in [-0.4, -0.2) is 50.3 Å². The highest BCUT2D eigenvalue weighted by Gasteiger charge is 2.34. The molecule has 0 aromatic heterocycles. The number of hydroxylamine groups is 2. The van der Waals surface area contributed by atoms with Gasteiger partial charge in [-0.2, -0.15) is 0 Å². The summed E-state index contributed by atoms with van der Waals surface area (Å²) in [4.78, 5) is 47.7. The fourth-order valence-corrected chi connectivity index (χ4v) is 2.25. The molecule has 3 aliphatic rings. The molecule has 1 aliphatic heterocycles. The molecule has 0 unspecified atom stereocenters. The van der Waals surface area contributed by atoms with Crippen LogP contribution in [0.2, 0.25) is 0 Å². The normalized spacial score (nSPS) is 19.2. The molecule has 2 saturated carbocycles. The van der Waals surface area contributed by atoms with E-state index in [9.17, 15) is 19.2 Å². The third-order valence-electron chi connectivity index (χ3n) is 3.82. The molecule has 0 radical (unpaired) electrons. The maximum Gasteiger partial charge on any atom is 0.534 e. The van der Waals surface area contributed by atoms with Gasteiger partial charge >= 0.3 is 16.1 Å². The van der Waals surface area contributed by atoms with Crippen molar-refractivity contribution in [1.29, 1.82) is 0 Å². The molecule has 3 fully saturated rings. The number of hydrogen-bond acceptors (Lipinski definition) is 8. The number of rotatable bonds is 2. The molecular weight excluding hydrogens is 441 g/mol. The van der Waals surface area contributed by atoms with E-state index in [-0.39, 0.29) is 25.0 Å². The van der Waals surface area contributed by atoms with Gasteiger partial charge in [0.15, 0.2) is 0 Å². The minimum atomic E-state index is -1.91. The van der Waals surface area contributed by atoms with Crippen LogP contribution in [0, 0.1) is 0 Å². The van der Waals surface area contributed by atoms with Crippen molar-refractivity contribution in [1.82, 2.24) is 5.06 Å². The number of nitrogens with zero attached hydrogens (tertiary/aromatic N) is 1. The summed E-state index contributed by atoms with van der Waals surface area (Å²) in [6, 6.07) is 0. The van der Waals surface area contributed by atoms with Crippen molar-refractivity contribution in [3.05, 3.63) is 0 Å². The van der Waals surface area contributed by atoms with Crippen LogP contribution in [0.3, 0.4) is 0 Å². The summed E-state index contributed by atoms with van der Waals surface area (Å²) in [7, 11) is 0. The Kier molecular flexibility index (Phi) is 10.3. The molecule has 2 amide bonds. The van der Waals surface area contributed by atoms with Gasteiger partial charge in [-0.3, -0.25) is 19.2 Å². The van der Waals surface area contributed by atoms with Crippen LogP contribution in [0.5, 0.6) is 0 Å². The molecule has 0 spiro atoms. The van der Waals surface area contributed by atoms with E-state index in [4.69, 9.17) is 44.6 Å². The second-order valence-electron chi connectivity index (χ2n) is 6.22. The third-order valence-corrected chi connectivity index (χ3v) is 4.05. The molecule has 1 heterocycles. The van der Waals surface area contributed by atoms with Crippen molar-refractivity contribution in [3.8, 4) is 0 Å². The molecule has 0 aromatic carbocycles. The minimum absolute atomic E-state index is 0.0648. The van der Waals surface area contributed by atoms with Gasteiger partial charge in [-0.05, 0) is 73.3 Å². The Morgan fingerprint density at radius 2 is 1.50 bits per heavy atom. The van der Waals surface area contributed by atoms with E-state index in [2.05, 4.69) is 9.57 Å². The highest BCUT2D eigenvalue weighted by molar-refractivity contribution is 6.66. The van der Waals surface area contributed by atoms with Gasteiger partial charge in [-0.1, -0.05) is 5.06 Å². The summed E-state index contributed by atoms with van der Waals surface area (Å²) in [5, 5.41) is 8.94. The van der Waals surface area contributed by atoms with Crippen molar-refractivity contribution < 1.29 is 38.6 Å². The number of aliphatic hydroxyl groups excluding tert-OH is 1. The Morgan fingerprint density at radius 3 is 1.75 bits per heavy atom. The average molecular weight is 463 g/mol. The van der Waals surface area contributed by atoms with Crippen molar-refractivity contribution in [2.24, 2.45) is 0 Å². The lowest BCUT2D eigenvalue weighted by molar-refractivity contribution is -0.179. The van der Waals surface area contributed by atoms with E-state index in [1.807, 2.05) is 0 Å². The van der Waals surface area contributed by atoms with Crippen LogP contribution in [-0.2, 0) is 28.7 Å². The van der Waals surface area contributed by atoms with E-state index in [0.717, 1.165) is 39.0 Å². The molecule has 1 N–H and O–H groups in total. The highest BCUT2D eigenvalue weighted by atomic mass is 35.6. The summed E-state index contributed by atoms with van der Waals surface area (Å²) in [5.41, 5.74) is 0. The minimum Gasteiger partial charge on any atom is -0.429 e. The molecule has 9 nitrogen and oxygen atoms in total. The summed E-state index contributed by atoms with van der Waals surface area (Å²) >= 11 is 15.0. The number of esters is 1. The zero-order chi connectivity index (χ0) is 21.3. The molecular formula is C16H22Cl3NO8. The summed E-state index contributed by atoms with van der Waals surface area (Å²) < 4.78 is 7.02. The van der Waals surface area contributed by atoms with Crippen molar-refractivity contribution in [2.45, 2.75) is 74.5 Å². The van der Waals surface area contributed by atoms with Gasteiger partial charge in [0.1, 0.15) is 6.10 Å². The van der Waals surface area contributed by atoms with E-state index in [1.54, 1.807) is 0 Å². The highest BCUT2D eigenvalue weighted by Crippen LogP contribution is 2.27. The number of halogens is 3. The number of hydrogen-bond donors (Lipinski definition) is 1. The molecule has 0 bridgehead atoms. The fourth-order valence-electron chi connectivity index (χ4n) is 1.93. The second kappa shape index (κ2) is 11.6. The Balaban J connectivity index is 0.000000252. The lowest BCUT2D eigenvalue weighted by Crippen LogP contribution is -2.35. The molecule has 28 heavy (non-hydrogen) atoms. The van der Waals surface area contributed by atoms with Crippen LogP contribution in [0.25, 0.3) is 0 Å². The number of carbonyl (C=O) groups excluding carboxylic acids is 4. The number of imide groups is 1. The van der Waals surface area contributed by atoms with Crippen molar-refractivity contribution in [3.63, 3.8) is 0 Å². The maximum atomic E-state index is 11.1. The molecule has 3 rings (SSSR count). The zero-order valence-electron chi connectivity index (χ0n) is 15.2. The smallest absolute Gasteiger partial charge is 0.429 e. The van der Waals surface area contributed by atoms with Crippen molar-refractivity contribution >= 4 is 58.7 Å².